The van der Waals surface area contributed by atoms with Gasteiger partial charge in [-0.1, -0.05) is 13.8 Å². The molecule has 0 radical (unpaired) electrons. The van der Waals surface area contributed by atoms with Gasteiger partial charge in [-0.3, -0.25) is 0 Å². The Balaban J connectivity index is 3.02. The third-order valence-electron chi connectivity index (χ3n) is 3.06. The van der Waals surface area contributed by atoms with Gasteiger partial charge in [0, 0.05) is 12.6 Å². The molecule has 0 saturated carbocycles. The minimum Gasteiger partial charge on any atom is -0.326 e. The molecular weight excluding hydrogens is 267 g/mol. The van der Waals surface area contributed by atoms with E-state index in [0.717, 1.165) is 0 Å². The van der Waals surface area contributed by atoms with Crippen LogP contribution >= 0.6 is 0 Å². The molecule has 19 heavy (non-hydrogen) atoms. The van der Waals surface area contributed by atoms with Crippen molar-refractivity contribution in [2.45, 2.75) is 38.6 Å². The van der Waals surface area contributed by atoms with E-state index in [9.17, 15) is 12.8 Å². The van der Waals surface area contributed by atoms with Crippen molar-refractivity contribution in [2.75, 3.05) is 6.54 Å². The van der Waals surface area contributed by atoms with Gasteiger partial charge in [0.2, 0.25) is 10.0 Å². The van der Waals surface area contributed by atoms with Gasteiger partial charge >= 0.3 is 0 Å². The van der Waals surface area contributed by atoms with Crippen LogP contribution < -0.4 is 10.5 Å². The number of hydrogen-bond donors (Lipinski definition) is 2. The van der Waals surface area contributed by atoms with Crippen molar-refractivity contribution in [3.8, 4) is 0 Å². The van der Waals surface area contributed by atoms with E-state index in [1.54, 1.807) is 13.8 Å². The average molecular weight is 288 g/mol. The first kappa shape index (κ1) is 16.1. The van der Waals surface area contributed by atoms with Crippen molar-refractivity contribution in [3.63, 3.8) is 0 Å². The maximum atomic E-state index is 13.2. The van der Waals surface area contributed by atoms with Gasteiger partial charge in [-0.2, -0.15) is 0 Å². The summed E-state index contributed by atoms with van der Waals surface area (Å²) in [6.45, 7) is 7.16. The minimum atomic E-state index is -3.66. The Morgan fingerprint density at radius 2 is 1.74 bits per heavy atom. The van der Waals surface area contributed by atoms with Crippen LogP contribution in [-0.2, 0) is 10.0 Å². The summed E-state index contributed by atoms with van der Waals surface area (Å²) in [5, 5.41) is 0. The van der Waals surface area contributed by atoms with Crippen LogP contribution in [0.15, 0.2) is 17.0 Å². The Kier molecular flexibility index (Phi) is 5.06. The van der Waals surface area contributed by atoms with Crippen molar-refractivity contribution in [1.82, 2.24) is 4.72 Å². The first-order chi connectivity index (χ1) is 8.65. The minimum absolute atomic E-state index is 0.129. The van der Waals surface area contributed by atoms with E-state index in [0.29, 0.717) is 11.1 Å². The predicted molar refractivity (Wildman–Crippen MR) is 73.9 cm³/mol. The van der Waals surface area contributed by atoms with E-state index in [1.807, 2.05) is 13.8 Å². The standard InChI is InChI=1S/C13H21FN2O2S/c1-8(2)12(15)7-16-19(17,18)13-9(3)5-11(14)6-10(13)4/h5-6,8,12,16H,7,15H2,1-4H3. The second kappa shape index (κ2) is 5.98. The van der Waals surface area contributed by atoms with Gasteiger partial charge in [0.25, 0.3) is 0 Å². The predicted octanol–water partition coefficient (Wildman–Crippen LogP) is 1.70. The summed E-state index contributed by atoms with van der Waals surface area (Å²) in [7, 11) is -3.66. The van der Waals surface area contributed by atoms with E-state index < -0.39 is 15.8 Å². The molecule has 0 aromatic heterocycles. The summed E-state index contributed by atoms with van der Waals surface area (Å²) in [5.41, 5.74) is 6.60. The number of nitrogens with two attached hydrogens (primary N) is 1. The lowest BCUT2D eigenvalue weighted by atomic mass is 10.1. The Labute approximate surface area is 114 Å². The molecule has 1 aromatic rings. The molecule has 0 aliphatic heterocycles. The zero-order chi connectivity index (χ0) is 14.8. The average Bonchev–Trinajstić information content (AvgIpc) is 2.23. The van der Waals surface area contributed by atoms with E-state index >= 15 is 0 Å². The summed E-state index contributed by atoms with van der Waals surface area (Å²) in [6, 6.07) is 2.17. The molecule has 0 fully saturated rings. The zero-order valence-corrected chi connectivity index (χ0v) is 12.5. The highest BCUT2D eigenvalue weighted by atomic mass is 32.2. The van der Waals surface area contributed by atoms with Gasteiger partial charge in [0.1, 0.15) is 5.82 Å². The van der Waals surface area contributed by atoms with E-state index in [2.05, 4.69) is 4.72 Å². The van der Waals surface area contributed by atoms with Crippen LogP contribution in [0.3, 0.4) is 0 Å². The molecule has 1 rings (SSSR count). The second-order valence-electron chi connectivity index (χ2n) is 5.13. The van der Waals surface area contributed by atoms with Crippen molar-refractivity contribution in [3.05, 3.63) is 29.1 Å². The Bertz CT molecular complexity index is 533. The smallest absolute Gasteiger partial charge is 0.241 e. The number of nitrogens with one attached hydrogen (secondary N) is 1. The van der Waals surface area contributed by atoms with Crippen LogP contribution in [-0.4, -0.2) is 21.0 Å². The first-order valence-electron chi connectivity index (χ1n) is 6.17. The fraction of sp³-hybridized carbons (Fsp3) is 0.538. The molecule has 3 N–H and O–H groups in total. The number of halogens is 1. The van der Waals surface area contributed by atoms with Crippen LogP contribution in [0, 0.1) is 25.6 Å². The molecule has 0 aliphatic carbocycles. The van der Waals surface area contributed by atoms with Crippen molar-refractivity contribution < 1.29 is 12.8 Å². The Morgan fingerprint density at radius 3 is 2.16 bits per heavy atom. The van der Waals surface area contributed by atoms with Crippen LogP contribution in [0.5, 0.6) is 0 Å². The number of sulfonamides is 1. The van der Waals surface area contributed by atoms with Crippen LogP contribution in [0.1, 0.15) is 25.0 Å². The molecule has 0 heterocycles. The molecule has 1 atom stereocenters. The van der Waals surface area contributed by atoms with Gasteiger partial charge in [-0.05, 0) is 43.0 Å². The summed E-state index contributed by atoms with van der Waals surface area (Å²) >= 11 is 0. The molecule has 108 valence electrons. The lowest BCUT2D eigenvalue weighted by molar-refractivity contribution is 0.481. The molecule has 4 nitrogen and oxygen atoms in total. The quantitative estimate of drug-likeness (QED) is 0.866. The highest BCUT2D eigenvalue weighted by Crippen LogP contribution is 2.21. The van der Waals surface area contributed by atoms with Gasteiger partial charge in [-0.25, -0.2) is 17.5 Å². The lowest BCUT2D eigenvalue weighted by Gasteiger charge is -2.18. The fourth-order valence-electron chi connectivity index (χ4n) is 1.84. The molecule has 0 saturated heterocycles. The zero-order valence-electron chi connectivity index (χ0n) is 11.7. The van der Waals surface area contributed by atoms with Gasteiger partial charge in [0.05, 0.1) is 4.90 Å². The van der Waals surface area contributed by atoms with E-state index in [4.69, 9.17) is 5.73 Å². The number of aryl methyl sites for hydroxylation is 2. The van der Waals surface area contributed by atoms with Crippen molar-refractivity contribution in [1.29, 1.82) is 0 Å². The van der Waals surface area contributed by atoms with E-state index in [1.165, 1.54) is 12.1 Å². The maximum absolute atomic E-state index is 13.2. The lowest BCUT2D eigenvalue weighted by Crippen LogP contribution is -2.40. The summed E-state index contributed by atoms with van der Waals surface area (Å²) in [4.78, 5) is 0.129. The second-order valence-corrected chi connectivity index (χ2v) is 6.83. The van der Waals surface area contributed by atoms with E-state index in [-0.39, 0.29) is 23.4 Å². The maximum Gasteiger partial charge on any atom is 0.241 e. The Morgan fingerprint density at radius 1 is 1.26 bits per heavy atom. The summed E-state index contributed by atoms with van der Waals surface area (Å²) < 4.78 is 40.1. The first-order valence-corrected chi connectivity index (χ1v) is 7.65. The largest absolute Gasteiger partial charge is 0.326 e. The summed E-state index contributed by atoms with van der Waals surface area (Å²) in [6.07, 6.45) is 0. The third kappa shape index (κ3) is 3.99. The molecule has 0 amide bonds. The number of rotatable bonds is 5. The van der Waals surface area contributed by atoms with Gasteiger partial charge < -0.3 is 5.73 Å². The third-order valence-corrected chi connectivity index (χ3v) is 4.79. The Hall–Kier alpha value is -0.980. The fourth-order valence-corrected chi connectivity index (χ4v) is 3.36. The molecule has 1 unspecified atom stereocenters. The highest BCUT2D eigenvalue weighted by molar-refractivity contribution is 7.89. The molecule has 1 aromatic carbocycles. The van der Waals surface area contributed by atoms with Gasteiger partial charge in [0.15, 0.2) is 0 Å². The van der Waals surface area contributed by atoms with Crippen LogP contribution in [0.4, 0.5) is 4.39 Å². The molecular formula is C13H21FN2O2S. The molecule has 0 spiro atoms. The van der Waals surface area contributed by atoms with Crippen LogP contribution in [0.2, 0.25) is 0 Å². The number of benzene rings is 1. The molecule has 0 bridgehead atoms. The van der Waals surface area contributed by atoms with Gasteiger partial charge in [-0.15, -0.1) is 0 Å². The topological polar surface area (TPSA) is 72.2 Å². The number of hydrogen-bond acceptors (Lipinski definition) is 3. The normalized spacial score (nSPS) is 13.8. The summed E-state index contributed by atoms with van der Waals surface area (Å²) in [5.74, 6) is -0.258. The van der Waals surface area contributed by atoms with Crippen molar-refractivity contribution in [2.24, 2.45) is 11.7 Å². The highest BCUT2D eigenvalue weighted by Gasteiger charge is 2.21. The van der Waals surface area contributed by atoms with Crippen molar-refractivity contribution >= 4 is 10.0 Å². The van der Waals surface area contributed by atoms with Crippen LogP contribution in [0.25, 0.3) is 0 Å². The SMILES string of the molecule is Cc1cc(F)cc(C)c1S(=O)(=O)NCC(N)C(C)C. The molecule has 6 heteroatoms. The monoisotopic (exact) mass is 288 g/mol. The molecule has 0 aliphatic rings.